The van der Waals surface area contributed by atoms with Gasteiger partial charge in [0.15, 0.2) is 0 Å². The highest BCUT2D eigenvalue weighted by Gasteiger charge is 1.97. The van der Waals surface area contributed by atoms with Gasteiger partial charge in [-0.1, -0.05) is 36.4 Å². The van der Waals surface area contributed by atoms with Gasteiger partial charge in [0.1, 0.15) is 0 Å². The first-order valence-electron chi connectivity index (χ1n) is 5.39. The Balaban J connectivity index is 2.02. The van der Waals surface area contributed by atoms with Gasteiger partial charge in [-0.15, -0.1) is 11.8 Å². The minimum absolute atomic E-state index is 0.894. The van der Waals surface area contributed by atoms with Crippen molar-refractivity contribution in [3.8, 4) is 0 Å². The van der Waals surface area contributed by atoms with Crippen molar-refractivity contribution in [2.75, 3.05) is 0 Å². The Morgan fingerprint density at radius 2 is 1.88 bits per heavy atom. The van der Waals surface area contributed by atoms with Crippen LogP contribution in [0.5, 0.6) is 0 Å². The molecule has 0 unspecified atom stereocenters. The normalized spacial score (nSPS) is 10.8. The molecule has 0 heterocycles. The van der Waals surface area contributed by atoms with Gasteiger partial charge in [-0.25, -0.2) is 4.99 Å². The number of nitrogens with two attached hydrogens (primary N) is 1. The first kappa shape index (κ1) is 11.7. The fraction of sp³-hybridized carbons (Fsp3) is 0.0714. The molecule has 0 bridgehead atoms. The van der Waals surface area contributed by atoms with E-state index < -0.39 is 0 Å². The zero-order valence-electron chi connectivity index (χ0n) is 9.41. The third-order valence-corrected chi connectivity index (χ3v) is 3.35. The monoisotopic (exact) mass is 242 g/mol. The molecule has 2 aromatic rings. The predicted molar refractivity (Wildman–Crippen MR) is 74.8 cm³/mol. The highest BCUT2D eigenvalue weighted by atomic mass is 32.2. The van der Waals surface area contributed by atoms with Gasteiger partial charge in [0.2, 0.25) is 0 Å². The maximum Gasteiger partial charge on any atom is 0.0860 e. The molecule has 0 radical (unpaired) electrons. The minimum atomic E-state index is 0.894. The third-order valence-electron chi connectivity index (χ3n) is 2.29. The standard InChI is InChI=1S/C14H14N2S/c15-11-16-13-7-4-8-14(9-13)17-10-12-5-2-1-3-6-12/h1-9,11H,10H2,(H2,15,16). The number of rotatable bonds is 4. The van der Waals surface area contributed by atoms with Gasteiger partial charge in [-0.05, 0) is 23.8 Å². The van der Waals surface area contributed by atoms with Crippen LogP contribution in [-0.4, -0.2) is 6.34 Å². The fourth-order valence-electron chi connectivity index (χ4n) is 1.48. The molecule has 0 amide bonds. The molecule has 17 heavy (non-hydrogen) atoms. The second-order valence-electron chi connectivity index (χ2n) is 3.55. The lowest BCUT2D eigenvalue weighted by Crippen LogP contribution is -1.86. The summed E-state index contributed by atoms with van der Waals surface area (Å²) in [6.45, 7) is 0. The van der Waals surface area contributed by atoms with Crippen molar-refractivity contribution >= 4 is 23.8 Å². The summed E-state index contributed by atoms with van der Waals surface area (Å²) in [6.07, 6.45) is 1.32. The average Bonchev–Trinajstić information content (AvgIpc) is 2.39. The van der Waals surface area contributed by atoms with Crippen molar-refractivity contribution in [3.63, 3.8) is 0 Å². The molecule has 0 saturated heterocycles. The van der Waals surface area contributed by atoms with E-state index in [9.17, 15) is 0 Å². The lowest BCUT2D eigenvalue weighted by molar-refractivity contribution is 1.37. The van der Waals surface area contributed by atoms with Crippen LogP contribution in [0.2, 0.25) is 0 Å². The first-order chi connectivity index (χ1) is 8.38. The molecule has 0 atom stereocenters. The summed E-state index contributed by atoms with van der Waals surface area (Å²) < 4.78 is 0. The van der Waals surface area contributed by atoms with Crippen LogP contribution < -0.4 is 5.73 Å². The molecule has 2 N–H and O–H groups in total. The number of hydrogen-bond donors (Lipinski definition) is 1. The summed E-state index contributed by atoms with van der Waals surface area (Å²) in [6, 6.07) is 18.5. The van der Waals surface area contributed by atoms with E-state index in [0.29, 0.717) is 0 Å². The summed E-state index contributed by atoms with van der Waals surface area (Å²) in [4.78, 5) is 5.27. The van der Waals surface area contributed by atoms with Gasteiger partial charge in [0.25, 0.3) is 0 Å². The van der Waals surface area contributed by atoms with E-state index in [1.165, 1.54) is 16.8 Å². The lowest BCUT2D eigenvalue weighted by Gasteiger charge is -2.02. The van der Waals surface area contributed by atoms with Crippen LogP contribution in [0.1, 0.15) is 5.56 Å². The van der Waals surface area contributed by atoms with E-state index in [1.807, 2.05) is 24.3 Å². The van der Waals surface area contributed by atoms with E-state index in [-0.39, 0.29) is 0 Å². The molecule has 0 aliphatic rings. The molecule has 2 aromatic carbocycles. The Morgan fingerprint density at radius 3 is 2.65 bits per heavy atom. The quantitative estimate of drug-likeness (QED) is 0.505. The first-order valence-corrected chi connectivity index (χ1v) is 6.38. The summed E-state index contributed by atoms with van der Waals surface area (Å²) in [5.41, 5.74) is 7.50. The third kappa shape index (κ3) is 3.64. The van der Waals surface area contributed by atoms with Crippen LogP contribution in [0.25, 0.3) is 0 Å². The van der Waals surface area contributed by atoms with E-state index in [2.05, 4.69) is 35.3 Å². The Labute approximate surface area is 106 Å². The lowest BCUT2D eigenvalue weighted by atomic mass is 10.2. The fourth-order valence-corrected chi connectivity index (χ4v) is 2.39. The van der Waals surface area contributed by atoms with E-state index >= 15 is 0 Å². The molecule has 0 aliphatic carbocycles. The molecule has 0 aliphatic heterocycles. The molecular formula is C14H14N2S. The maximum absolute atomic E-state index is 5.28. The van der Waals surface area contributed by atoms with Crippen LogP contribution in [-0.2, 0) is 5.75 Å². The Kier molecular flexibility index (Phi) is 4.22. The highest BCUT2D eigenvalue weighted by molar-refractivity contribution is 7.98. The molecule has 86 valence electrons. The van der Waals surface area contributed by atoms with Crippen molar-refractivity contribution in [3.05, 3.63) is 60.2 Å². The largest absolute Gasteiger partial charge is 0.390 e. The van der Waals surface area contributed by atoms with Crippen LogP contribution in [0.3, 0.4) is 0 Å². The van der Waals surface area contributed by atoms with Crippen LogP contribution >= 0.6 is 11.8 Å². The zero-order valence-corrected chi connectivity index (χ0v) is 10.2. The van der Waals surface area contributed by atoms with Gasteiger partial charge in [-0.3, -0.25) is 0 Å². The molecule has 0 spiro atoms. The zero-order chi connectivity index (χ0) is 11.9. The van der Waals surface area contributed by atoms with Gasteiger partial charge in [-0.2, -0.15) is 0 Å². The van der Waals surface area contributed by atoms with Crippen molar-refractivity contribution in [2.45, 2.75) is 10.6 Å². The van der Waals surface area contributed by atoms with Crippen molar-refractivity contribution < 1.29 is 0 Å². The van der Waals surface area contributed by atoms with E-state index in [4.69, 9.17) is 5.73 Å². The number of thioether (sulfide) groups is 1. The SMILES string of the molecule is NC=Nc1cccc(SCc2ccccc2)c1. The van der Waals surface area contributed by atoms with Crippen molar-refractivity contribution in [2.24, 2.45) is 10.7 Å². The number of nitrogens with zero attached hydrogens (tertiary/aromatic N) is 1. The molecule has 3 heteroatoms. The topological polar surface area (TPSA) is 38.4 Å². The van der Waals surface area contributed by atoms with Crippen LogP contribution in [0.15, 0.2) is 64.5 Å². The summed E-state index contributed by atoms with van der Waals surface area (Å²) in [7, 11) is 0. The number of benzene rings is 2. The van der Waals surface area contributed by atoms with Gasteiger partial charge >= 0.3 is 0 Å². The summed E-state index contributed by atoms with van der Waals surface area (Å²) in [5, 5.41) is 0. The number of aliphatic imine (C=N–C) groups is 1. The van der Waals surface area contributed by atoms with Gasteiger partial charge < -0.3 is 5.73 Å². The smallest absolute Gasteiger partial charge is 0.0860 e. The van der Waals surface area contributed by atoms with E-state index in [0.717, 1.165) is 11.4 Å². The van der Waals surface area contributed by atoms with Gasteiger partial charge in [0.05, 0.1) is 12.0 Å². The van der Waals surface area contributed by atoms with Crippen molar-refractivity contribution in [1.82, 2.24) is 0 Å². The second kappa shape index (κ2) is 6.11. The molecule has 2 rings (SSSR count). The van der Waals surface area contributed by atoms with Crippen molar-refractivity contribution in [1.29, 1.82) is 0 Å². The van der Waals surface area contributed by atoms with Crippen LogP contribution in [0, 0.1) is 0 Å². The van der Waals surface area contributed by atoms with Crippen LogP contribution in [0.4, 0.5) is 5.69 Å². The Hall–Kier alpha value is -1.74. The number of hydrogen-bond acceptors (Lipinski definition) is 2. The van der Waals surface area contributed by atoms with Gasteiger partial charge in [0, 0.05) is 10.6 Å². The highest BCUT2D eigenvalue weighted by Crippen LogP contribution is 2.25. The molecule has 0 saturated carbocycles. The predicted octanol–water partition coefficient (Wildman–Crippen LogP) is 3.60. The molecule has 2 nitrogen and oxygen atoms in total. The Bertz CT molecular complexity index is 495. The summed E-state index contributed by atoms with van der Waals surface area (Å²) in [5.74, 6) is 0.969. The molecule has 0 aromatic heterocycles. The average molecular weight is 242 g/mol. The Morgan fingerprint density at radius 1 is 1.06 bits per heavy atom. The van der Waals surface area contributed by atoms with E-state index in [1.54, 1.807) is 11.8 Å². The second-order valence-corrected chi connectivity index (χ2v) is 4.60. The summed E-state index contributed by atoms with van der Waals surface area (Å²) >= 11 is 1.80. The molecule has 0 fully saturated rings. The minimum Gasteiger partial charge on any atom is -0.390 e. The maximum atomic E-state index is 5.28. The molecular weight excluding hydrogens is 228 g/mol.